The van der Waals surface area contributed by atoms with E-state index in [-0.39, 0.29) is 24.5 Å². The molecule has 0 radical (unpaired) electrons. The topological polar surface area (TPSA) is 89.5 Å². The molecule has 0 bridgehead atoms. The van der Waals surface area contributed by atoms with E-state index in [4.69, 9.17) is 5.26 Å². The first-order valence-electron chi connectivity index (χ1n) is 5.28. The van der Waals surface area contributed by atoms with Gasteiger partial charge in [0.2, 0.25) is 0 Å². The van der Waals surface area contributed by atoms with E-state index in [0.29, 0.717) is 12.1 Å². The summed E-state index contributed by atoms with van der Waals surface area (Å²) in [6.45, 7) is 4.11. The molecule has 0 saturated carbocycles. The average molecular weight is 237 g/mol. The fraction of sp³-hybridized carbons (Fsp3) is 0.455. The van der Waals surface area contributed by atoms with Crippen LogP contribution in [0.4, 0.5) is 0 Å². The van der Waals surface area contributed by atoms with Crippen LogP contribution in [0.3, 0.4) is 0 Å². The Kier molecular flexibility index (Phi) is 4.26. The van der Waals surface area contributed by atoms with Gasteiger partial charge in [-0.05, 0) is 12.5 Å². The molecule has 0 saturated heterocycles. The van der Waals surface area contributed by atoms with Crippen LogP contribution in [0.2, 0.25) is 0 Å². The van der Waals surface area contributed by atoms with Crippen LogP contribution in [-0.2, 0) is 6.54 Å². The first kappa shape index (κ1) is 13.2. The third-order valence-corrected chi connectivity index (χ3v) is 2.53. The normalized spacial score (nSPS) is 10.5. The summed E-state index contributed by atoms with van der Waals surface area (Å²) in [6.07, 6.45) is 0. The number of aromatic nitrogens is 1. The summed E-state index contributed by atoms with van der Waals surface area (Å²) in [5.74, 6) is -0.198. The van der Waals surface area contributed by atoms with Gasteiger partial charge in [0.1, 0.15) is 11.6 Å². The lowest BCUT2D eigenvalue weighted by Gasteiger charge is -2.14. The van der Waals surface area contributed by atoms with Gasteiger partial charge < -0.3 is 10.3 Å². The second kappa shape index (κ2) is 5.48. The molecule has 0 aromatic carbocycles. The third-order valence-electron chi connectivity index (χ3n) is 2.53. The van der Waals surface area contributed by atoms with Gasteiger partial charge in [-0.1, -0.05) is 6.92 Å². The standard InChI is InChI=1S/C11H15N3O3/c1-3-13(17)4-5-14-10(15)6-8(2)9(7-12)11(14)16/h6,15,17H,3-5H2,1-2H3. The Morgan fingerprint density at radius 2 is 2.24 bits per heavy atom. The summed E-state index contributed by atoms with van der Waals surface area (Å²) in [5.41, 5.74) is -0.0686. The molecule has 1 aromatic heterocycles. The van der Waals surface area contributed by atoms with Crippen LogP contribution in [0.5, 0.6) is 5.88 Å². The third kappa shape index (κ3) is 2.84. The molecule has 0 aliphatic heterocycles. The fourth-order valence-corrected chi connectivity index (χ4v) is 1.48. The number of aryl methyl sites for hydroxylation is 1. The van der Waals surface area contributed by atoms with Gasteiger partial charge in [0, 0.05) is 25.7 Å². The van der Waals surface area contributed by atoms with Crippen molar-refractivity contribution in [1.82, 2.24) is 9.63 Å². The van der Waals surface area contributed by atoms with Crippen molar-refractivity contribution in [1.29, 1.82) is 5.26 Å². The molecular formula is C11H15N3O3. The highest BCUT2D eigenvalue weighted by Crippen LogP contribution is 2.11. The molecule has 0 atom stereocenters. The lowest BCUT2D eigenvalue weighted by atomic mass is 10.1. The van der Waals surface area contributed by atoms with Crippen molar-refractivity contribution in [3.05, 3.63) is 27.5 Å². The predicted octanol–water partition coefficient (Wildman–Crippen LogP) is 0.445. The highest BCUT2D eigenvalue weighted by atomic mass is 16.5. The first-order valence-corrected chi connectivity index (χ1v) is 5.28. The number of nitriles is 1. The Morgan fingerprint density at radius 1 is 1.59 bits per heavy atom. The fourth-order valence-electron chi connectivity index (χ4n) is 1.48. The lowest BCUT2D eigenvalue weighted by Crippen LogP contribution is -2.30. The molecule has 17 heavy (non-hydrogen) atoms. The number of likely N-dealkylation sites (N-methyl/N-ethyl adjacent to an activating group) is 1. The highest BCUT2D eigenvalue weighted by molar-refractivity contribution is 5.37. The minimum Gasteiger partial charge on any atom is -0.494 e. The van der Waals surface area contributed by atoms with E-state index in [9.17, 15) is 15.1 Å². The Balaban J connectivity index is 3.09. The van der Waals surface area contributed by atoms with Crippen LogP contribution in [0, 0.1) is 18.3 Å². The van der Waals surface area contributed by atoms with Gasteiger partial charge in [0.25, 0.3) is 5.56 Å². The number of hydrogen-bond donors (Lipinski definition) is 2. The smallest absolute Gasteiger partial charge is 0.271 e. The van der Waals surface area contributed by atoms with E-state index >= 15 is 0 Å². The van der Waals surface area contributed by atoms with Crippen LogP contribution < -0.4 is 5.56 Å². The van der Waals surface area contributed by atoms with Crippen LogP contribution >= 0.6 is 0 Å². The Labute approximate surface area is 98.9 Å². The summed E-state index contributed by atoms with van der Waals surface area (Å²) < 4.78 is 1.07. The average Bonchev–Trinajstić information content (AvgIpc) is 2.28. The summed E-state index contributed by atoms with van der Waals surface area (Å²) >= 11 is 0. The zero-order valence-corrected chi connectivity index (χ0v) is 9.84. The van der Waals surface area contributed by atoms with E-state index in [1.54, 1.807) is 13.8 Å². The van der Waals surface area contributed by atoms with Crippen molar-refractivity contribution >= 4 is 0 Å². The van der Waals surface area contributed by atoms with E-state index < -0.39 is 5.56 Å². The maximum absolute atomic E-state index is 11.8. The van der Waals surface area contributed by atoms with Crippen molar-refractivity contribution in [2.45, 2.75) is 20.4 Å². The van der Waals surface area contributed by atoms with Crippen LogP contribution in [0.15, 0.2) is 10.9 Å². The van der Waals surface area contributed by atoms with Crippen LogP contribution in [0.25, 0.3) is 0 Å². The number of aromatic hydroxyl groups is 1. The van der Waals surface area contributed by atoms with Gasteiger partial charge in [-0.2, -0.15) is 10.3 Å². The van der Waals surface area contributed by atoms with Gasteiger partial charge in [-0.25, -0.2) is 0 Å². The van der Waals surface area contributed by atoms with Crippen molar-refractivity contribution in [3.63, 3.8) is 0 Å². The lowest BCUT2D eigenvalue weighted by molar-refractivity contribution is -0.0885. The molecule has 6 heteroatoms. The maximum atomic E-state index is 11.8. The summed E-state index contributed by atoms with van der Waals surface area (Å²) in [7, 11) is 0. The second-order valence-corrected chi connectivity index (χ2v) is 3.68. The molecule has 92 valence electrons. The molecule has 6 nitrogen and oxygen atoms in total. The molecule has 0 amide bonds. The molecule has 0 unspecified atom stereocenters. The van der Waals surface area contributed by atoms with E-state index in [1.807, 2.05) is 6.07 Å². The van der Waals surface area contributed by atoms with Crippen molar-refractivity contribution in [2.24, 2.45) is 0 Å². The summed E-state index contributed by atoms with van der Waals surface area (Å²) in [4.78, 5) is 11.8. The molecule has 0 spiro atoms. The van der Waals surface area contributed by atoms with Gasteiger partial charge in [0.05, 0.1) is 0 Å². The largest absolute Gasteiger partial charge is 0.494 e. The Bertz CT molecular complexity index is 502. The molecule has 0 fully saturated rings. The Morgan fingerprint density at radius 3 is 2.76 bits per heavy atom. The molecule has 1 heterocycles. The number of nitrogens with zero attached hydrogens (tertiary/aromatic N) is 3. The van der Waals surface area contributed by atoms with Crippen LogP contribution in [-0.4, -0.2) is 33.0 Å². The van der Waals surface area contributed by atoms with Gasteiger partial charge in [-0.3, -0.25) is 9.36 Å². The van der Waals surface area contributed by atoms with E-state index in [0.717, 1.165) is 9.63 Å². The van der Waals surface area contributed by atoms with E-state index in [2.05, 4.69) is 0 Å². The monoisotopic (exact) mass is 237 g/mol. The number of hydroxylamine groups is 2. The van der Waals surface area contributed by atoms with Crippen molar-refractivity contribution in [2.75, 3.05) is 13.1 Å². The van der Waals surface area contributed by atoms with Crippen molar-refractivity contribution < 1.29 is 10.3 Å². The van der Waals surface area contributed by atoms with Gasteiger partial charge in [0.15, 0.2) is 5.88 Å². The summed E-state index contributed by atoms with van der Waals surface area (Å²) in [6, 6.07) is 3.18. The molecule has 0 aliphatic rings. The molecule has 2 N–H and O–H groups in total. The molecule has 1 rings (SSSR count). The second-order valence-electron chi connectivity index (χ2n) is 3.68. The minimum atomic E-state index is -0.533. The number of pyridine rings is 1. The predicted molar refractivity (Wildman–Crippen MR) is 60.9 cm³/mol. The first-order chi connectivity index (χ1) is 8.01. The molecular weight excluding hydrogens is 222 g/mol. The minimum absolute atomic E-state index is 0.0174. The van der Waals surface area contributed by atoms with Gasteiger partial charge >= 0.3 is 0 Å². The zero-order valence-electron chi connectivity index (χ0n) is 9.84. The summed E-state index contributed by atoms with van der Waals surface area (Å²) in [5, 5.41) is 28.7. The van der Waals surface area contributed by atoms with E-state index in [1.165, 1.54) is 6.07 Å². The number of hydrogen-bond acceptors (Lipinski definition) is 5. The molecule has 1 aromatic rings. The molecule has 0 aliphatic carbocycles. The maximum Gasteiger partial charge on any atom is 0.271 e. The van der Waals surface area contributed by atoms with Crippen molar-refractivity contribution in [3.8, 4) is 11.9 Å². The zero-order chi connectivity index (χ0) is 13.0. The Hall–Kier alpha value is -1.84. The van der Waals surface area contributed by atoms with Gasteiger partial charge in [-0.15, -0.1) is 0 Å². The number of rotatable bonds is 4. The quantitative estimate of drug-likeness (QED) is 0.742. The van der Waals surface area contributed by atoms with Crippen LogP contribution in [0.1, 0.15) is 18.1 Å². The SMILES string of the molecule is CCN(O)CCn1c(O)cc(C)c(C#N)c1=O. The highest BCUT2D eigenvalue weighted by Gasteiger charge is 2.11.